The second-order valence-corrected chi connectivity index (χ2v) is 8.86. The second kappa shape index (κ2) is 13.2. The normalized spacial score (nSPS) is 24.1. The Morgan fingerprint density at radius 1 is 0.657 bits per heavy atom. The van der Waals surface area contributed by atoms with Gasteiger partial charge in [-0.1, -0.05) is 91.0 Å². The summed E-state index contributed by atoms with van der Waals surface area (Å²) in [5, 5.41) is 9.23. The molecular formula is C30H33NO4. The summed E-state index contributed by atoms with van der Waals surface area (Å²) in [5.74, 6) is 0. The molecule has 5 nitrogen and oxygen atoms in total. The molecule has 0 amide bonds. The Morgan fingerprint density at radius 3 is 1.54 bits per heavy atom. The highest BCUT2D eigenvalue weighted by Gasteiger charge is 2.46. The molecule has 1 saturated heterocycles. The lowest BCUT2D eigenvalue weighted by Crippen LogP contribution is -2.59. The molecular weight excluding hydrogens is 438 g/mol. The lowest BCUT2D eigenvalue weighted by Gasteiger charge is -2.45. The minimum atomic E-state index is -0.371. The van der Waals surface area contributed by atoms with Crippen LogP contribution in [0.2, 0.25) is 0 Å². The van der Waals surface area contributed by atoms with Gasteiger partial charge in [0, 0.05) is 6.42 Å². The van der Waals surface area contributed by atoms with E-state index in [-0.39, 0.29) is 30.5 Å². The van der Waals surface area contributed by atoms with Gasteiger partial charge < -0.3 is 18.9 Å². The highest BCUT2D eigenvalue weighted by Crippen LogP contribution is 2.32. The van der Waals surface area contributed by atoms with Crippen LogP contribution in [0.5, 0.6) is 0 Å². The lowest BCUT2D eigenvalue weighted by atomic mass is 9.92. The molecule has 35 heavy (non-hydrogen) atoms. The van der Waals surface area contributed by atoms with Crippen molar-refractivity contribution in [1.29, 1.82) is 5.26 Å². The van der Waals surface area contributed by atoms with Crippen LogP contribution in [0.3, 0.4) is 0 Å². The number of nitrogens with zero attached hydrogens (tertiary/aromatic N) is 1. The van der Waals surface area contributed by atoms with E-state index >= 15 is 0 Å². The standard InChI is InChI=1S/C30H33NO4/c1-23-28(32-20-24-12-5-2-6-13-24)30(34-22-26-16-9-4-10-17-26)29(27(35-23)18-11-19-31)33-21-25-14-7-3-8-15-25/h2-10,12-17,23,27-30H,11,18,20-22H2,1H3/t23-,27-,28-,29-,30+/m0/s1. The minimum Gasteiger partial charge on any atom is -0.370 e. The van der Waals surface area contributed by atoms with Gasteiger partial charge in [0.2, 0.25) is 0 Å². The van der Waals surface area contributed by atoms with Gasteiger partial charge in [-0.3, -0.25) is 0 Å². The van der Waals surface area contributed by atoms with Crippen molar-refractivity contribution < 1.29 is 18.9 Å². The van der Waals surface area contributed by atoms with Crippen molar-refractivity contribution in [2.75, 3.05) is 0 Å². The topological polar surface area (TPSA) is 60.7 Å². The van der Waals surface area contributed by atoms with E-state index in [2.05, 4.69) is 18.2 Å². The van der Waals surface area contributed by atoms with Gasteiger partial charge in [-0.05, 0) is 30.0 Å². The van der Waals surface area contributed by atoms with E-state index in [1.165, 1.54) is 0 Å². The molecule has 1 aliphatic rings. The first-order chi connectivity index (χ1) is 17.2. The molecule has 1 heterocycles. The largest absolute Gasteiger partial charge is 0.370 e. The zero-order valence-electron chi connectivity index (χ0n) is 20.2. The Morgan fingerprint density at radius 2 is 1.09 bits per heavy atom. The molecule has 3 aromatic carbocycles. The molecule has 1 aliphatic heterocycles. The van der Waals surface area contributed by atoms with Crippen molar-refractivity contribution in [3.05, 3.63) is 108 Å². The van der Waals surface area contributed by atoms with Gasteiger partial charge >= 0.3 is 0 Å². The molecule has 0 bridgehead atoms. The monoisotopic (exact) mass is 471 g/mol. The summed E-state index contributed by atoms with van der Waals surface area (Å²) in [6.45, 7) is 3.35. The molecule has 0 unspecified atom stereocenters. The Labute approximate surface area is 208 Å². The van der Waals surface area contributed by atoms with Crippen LogP contribution in [0.4, 0.5) is 0 Å². The third-order valence-electron chi connectivity index (χ3n) is 6.26. The summed E-state index contributed by atoms with van der Waals surface area (Å²) < 4.78 is 25.8. The van der Waals surface area contributed by atoms with Crippen LogP contribution in [0, 0.1) is 11.3 Å². The lowest BCUT2D eigenvalue weighted by molar-refractivity contribution is -0.262. The van der Waals surface area contributed by atoms with Crippen LogP contribution in [0.1, 0.15) is 36.5 Å². The highest BCUT2D eigenvalue weighted by atomic mass is 16.6. The van der Waals surface area contributed by atoms with Gasteiger partial charge in [0.15, 0.2) is 0 Å². The van der Waals surface area contributed by atoms with E-state index in [9.17, 15) is 5.26 Å². The van der Waals surface area contributed by atoms with Gasteiger partial charge in [-0.2, -0.15) is 5.26 Å². The van der Waals surface area contributed by atoms with Crippen molar-refractivity contribution in [2.24, 2.45) is 0 Å². The minimum absolute atomic E-state index is 0.209. The molecule has 0 N–H and O–H groups in total. The number of ether oxygens (including phenoxy) is 4. The maximum atomic E-state index is 9.23. The van der Waals surface area contributed by atoms with E-state index in [0.29, 0.717) is 32.7 Å². The maximum absolute atomic E-state index is 9.23. The smallest absolute Gasteiger partial charge is 0.115 e. The van der Waals surface area contributed by atoms with Gasteiger partial charge in [-0.25, -0.2) is 0 Å². The van der Waals surface area contributed by atoms with Crippen molar-refractivity contribution in [3.63, 3.8) is 0 Å². The summed E-state index contributed by atoms with van der Waals surface area (Å²) in [6, 6.07) is 32.5. The fourth-order valence-electron chi connectivity index (χ4n) is 4.46. The van der Waals surface area contributed by atoms with Crippen LogP contribution >= 0.6 is 0 Å². The maximum Gasteiger partial charge on any atom is 0.115 e. The van der Waals surface area contributed by atoms with Gasteiger partial charge in [0.05, 0.1) is 38.1 Å². The highest BCUT2D eigenvalue weighted by molar-refractivity contribution is 5.15. The fraction of sp³-hybridized carbons (Fsp3) is 0.367. The van der Waals surface area contributed by atoms with Gasteiger partial charge in [0.1, 0.15) is 18.3 Å². The Bertz CT molecular complexity index is 1040. The van der Waals surface area contributed by atoms with Crippen molar-refractivity contribution in [2.45, 2.75) is 70.1 Å². The Kier molecular flexibility index (Phi) is 9.45. The fourth-order valence-corrected chi connectivity index (χ4v) is 4.46. The van der Waals surface area contributed by atoms with E-state index in [1.54, 1.807) is 0 Å². The van der Waals surface area contributed by atoms with Gasteiger partial charge in [0.25, 0.3) is 0 Å². The van der Waals surface area contributed by atoms with Crippen molar-refractivity contribution in [1.82, 2.24) is 0 Å². The van der Waals surface area contributed by atoms with Crippen LogP contribution in [-0.4, -0.2) is 30.5 Å². The SMILES string of the molecule is C[C@@H]1O[C@@H](CCC#N)[C@H](OCc2ccccc2)[C@H](OCc2ccccc2)[C@H]1OCc1ccccc1. The number of nitriles is 1. The van der Waals surface area contributed by atoms with Crippen LogP contribution in [0.15, 0.2) is 91.0 Å². The average molecular weight is 472 g/mol. The van der Waals surface area contributed by atoms with E-state index in [1.807, 2.05) is 85.8 Å². The third kappa shape index (κ3) is 7.24. The van der Waals surface area contributed by atoms with Crippen LogP contribution in [-0.2, 0) is 38.8 Å². The predicted molar refractivity (Wildman–Crippen MR) is 134 cm³/mol. The molecule has 3 aromatic rings. The summed E-state index contributed by atoms with van der Waals surface area (Å²) in [5.41, 5.74) is 3.26. The number of benzene rings is 3. The first-order valence-corrected chi connectivity index (χ1v) is 12.2. The second-order valence-electron chi connectivity index (χ2n) is 8.86. The molecule has 5 atom stereocenters. The van der Waals surface area contributed by atoms with Crippen molar-refractivity contribution in [3.8, 4) is 6.07 Å². The molecule has 4 rings (SSSR count). The van der Waals surface area contributed by atoms with Crippen LogP contribution < -0.4 is 0 Å². The number of hydrogen-bond acceptors (Lipinski definition) is 5. The molecule has 1 fully saturated rings. The van der Waals surface area contributed by atoms with Crippen molar-refractivity contribution >= 4 is 0 Å². The summed E-state index contributed by atoms with van der Waals surface area (Å²) in [6.07, 6.45) is -0.539. The summed E-state index contributed by atoms with van der Waals surface area (Å²) >= 11 is 0. The zero-order chi connectivity index (χ0) is 24.3. The predicted octanol–water partition coefficient (Wildman–Crippen LogP) is 5.83. The summed E-state index contributed by atoms with van der Waals surface area (Å²) in [7, 11) is 0. The molecule has 182 valence electrons. The first kappa shape index (κ1) is 25.1. The van der Waals surface area contributed by atoms with E-state index in [4.69, 9.17) is 18.9 Å². The molecule has 0 spiro atoms. The van der Waals surface area contributed by atoms with Gasteiger partial charge in [-0.15, -0.1) is 0 Å². The quantitative estimate of drug-likeness (QED) is 0.352. The zero-order valence-corrected chi connectivity index (χ0v) is 20.2. The molecule has 0 aliphatic carbocycles. The molecule has 5 heteroatoms. The van der Waals surface area contributed by atoms with E-state index < -0.39 is 0 Å². The first-order valence-electron chi connectivity index (χ1n) is 12.2. The van der Waals surface area contributed by atoms with E-state index in [0.717, 1.165) is 16.7 Å². The third-order valence-corrected chi connectivity index (χ3v) is 6.26. The Hall–Kier alpha value is -3.01. The average Bonchev–Trinajstić information content (AvgIpc) is 2.91. The summed E-state index contributed by atoms with van der Waals surface area (Å²) in [4.78, 5) is 0. The molecule has 0 saturated carbocycles. The molecule has 0 aromatic heterocycles. The number of rotatable bonds is 11. The number of hydrogen-bond donors (Lipinski definition) is 0. The van der Waals surface area contributed by atoms with Crippen LogP contribution in [0.25, 0.3) is 0 Å². The Balaban J connectivity index is 1.56. The molecule has 0 radical (unpaired) electrons.